The van der Waals surface area contributed by atoms with Gasteiger partial charge in [-0.15, -0.1) is 0 Å². The second-order valence-corrected chi connectivity index (χ2v) is 5.99. The SMILES string of the molecule is CCn1nc(C)cc1CC(NN)C1CC1c1ccccc1. The van der Waals surface area contributed by atoms with Crippen LogP contribution in [0.2, 0.25) is 0 Å². The quantitative estimate of drug-likeness (QED) is 0.632. The molecule has 112 valence electrons. The Morgan fingerprint density at radius 1 is 1.38 bits per heavy atom. The smallest absolute Gasteiger partial charge is 0.0596 e. The lowest BCUT2D eigenvalue weighted by Gasteiger charge is -2.16. The van der Waals surface area contributed by atoms with Gasteiger partial charge in [-0.3, -0.25) is 16.0 Å². The first-order valence-electron chi connectivity index (χ1n) is 7.77. The van der Waals surface area contributed by atoms with Crippen LogP contribution in [-0.2, 0) is 13.0 Å². The van der Waals surface area contributed by atoms with Crippen LogP contribution in [0.3, 0.4) is 0 Å². The van der Waals surface area contributed by atoms with E-state index in [9.17, 15) is 0 Å². The van der Waals surface area contributed by atoms with Gasteiger partial charge in [0.15, 0.2) is 0 Å². The van der Waals surface area contributed by atoms with Gasteiger partial charge in [-0.2, -0.15) is 5.10 Å². The summed E-state index contributed by atoms with van der Waals surface area (Å²) in [5.74, 6) is 7.09. The van der Waals surface area contributed by atoms with Crippen LogP contribution in [0.4, 0.5) is 0 Å². The van der Waals surface area contributed by atoms with E-state index < -0.39 is 0 Å². The minimum Gasteiger partial charge on any atom is -0.271 e. The van der Waals surface area contributed by atoms with Gasteiger partial charge in [0, 0.05) is 24.7 Å². The maximum atomic E-state index is 5.82. The molecule has 4 heteroatoms. The van der Waals surface area contributed by atoms with Gasteiger partial charge >= 0.3 is 0 Å². The maximum Gasteiger partial charge on any atom is 0.0596 e. The van der Waals surface area contributed by atoms with Crippen LogP contribution in [-0.4, -0.2) is 15.8 Å². The summed E-state index contributed by atoms with van der Waals surface area (Å²) < 4.78 is 2.08. The standard InChI is InChI=1S/C17H24N4/c1-3-21-14(9-12(2)20-21)10-17(19-18)16-11-15(16)13-7-5-4-6-8-13/h4-9,15-17,19H,3,10-11,18H2,1-2H3. The molecule has 3 atom stereocenters. The molecule has 3 rings (SSSR count). The van der Waals surface area contributed by atoms with Crippen molar-refractivity contribution in [2.24, 2.45) is 11.8 Å². The van der Waals surface area contributed by atoms with Crippen molar-refractivity contribution < 1.29 is 0 Å². The summed E-state index contributed by atoms with van der Waals surface area (Å²) in [5.41, 5.74) is 6.82. The number of rotatable bonds is 6. The second kappa shape index (κ2) is 6.00. The maximum absolute atomic E-state index is 5.82. The van der Waals surface area contributed by atoms with Gasteiger partial charge in [0.2, 0.25) is 0 Å². The van der Waals surface area contributed by atoms with Gasteiger partial charge in [0.05, 0.1) is 5.69 Å². The molecule has 1 aromatic carbocycles. The Kier molecular flexibility index (Phi) is 4.08. The van der Waals surface area contributed by atoms with Crippen LogP contribution in [0, 0.1) is 12.8 Å². The summed E-state index contributed by atoms with van der Waals surface area (Å²) in [5, 5.41) is 4.52. The summed E-state index contributed by atoms with van der Waals surface area (Å²) in [6.45, 7) is 5.09. The largest absolute Gasteiger partial charge is 0.271 e. The molecule has 0 bridgehead atoms. The molecular formula is C17H24N4. The van der Waals surface area contributed by atoms with E-state index in [4.69, 9.17) is 5.84 Å². The summed E-state index contributed by atoms with van der Waals surface area (Å²) in [6, 6.07) is 13.2. The number of nitrogens with two attached hydrogens (primary N) is 1. The molecule has 0 saturated heterocycles. The highest BCUT2D eigenvalue weighted by molar-refractivity contribution is 5.27. The number of aromatic nitrogens is 2. The molecular weight excluding hydrogens is 260 g/mol. The van der Waals surface area contributed by atoms with Crippen molar-refractivity contribution in [1.29, 1.82) is 0 Å². The first-order valence-corrected chi connectivity index (χ1v) is 7.77. The summed E-state index contributed by atoms with van der Waals surface area (Å²) >= 11 is 0. The average molecular weight is 284 g/mol. The predicted molar refractivity (Wildman–Crippen MR) is 84.7 cm³/mol. The zero-order valence-electron chi connectivity index (χ0n) is 12.8. The highest BCUT2D eigenvalue weighted by Gasteiger charge is 2.43. The zero-order valence-corrected chi connectivity index (χ0v) is 12.8. The van der Waals surface area contributed by atoms with Crippen molar-refractivity contribution >= 4 is 0 Å². The van der Waals surface area contributed by atoms with E-state index in [1.54, 1.807) is 0 Å². The van der Waals surface area contributed by atoms with Gasteiger partial charge in [0.25, 0.3) is 0 Å². The molecule has 1 heterocycles. The average Bonchev–Trinajstić information content (AvgIpc) is 3.23. The van der Waals surface area contributed by atoms with Crippen molar-refractivity contribution in [3.05, 3.63) is 53.3 Å². The Hall–Kier alpha value is -1.65. The van der Waals surface area contributed by atoms with Gasteiger partial charge in [0.1, 0.15) is 0 Å². The van der Waals surface area contributed by atoms with Crippen LogP contribution in [0.15, 0.2) is 36.4 Å². The van der Waals surface area contributed by atoms with Crippen LogP contribution in [0.1, 0.15) is 36.2 Å². The number of hydrogen-bond donors (Lipinski definition) is 2. The van der Waals surface area contributed by atoms with Crippen molar-refractivity contribution in [2.45, 2.75) is 45.2 Å². The normalized spacial score (nSPS) is 22.2. The Morgan fingerprint density at radius 3 is 2.81 bits per heavy atom. The molecule has 1 aliphatic carbocycles. The fourth-order valence-corrected chi connectivity index (χ4v) is 3.34. The van der Waals surface area contributed by atoms with Gasteiger partial charge in [-0.1, -0.05) is 30.3 Å². The van der Waals surface area contributed by atoms with Crippen LogP contribution in [0.25, 0.3) is 0 Å². The lowest BCUT2D eigenvalue weighted by molar-refractivity contribution is 0.447. The van der Waals surface area contributed by atoms with E-state index >= 15 is 0 Å². The number of nitrogens with one attached hydrogen (secondary N) is 1. The Bertz CT molecular complexity index is 590. The lowest BCUT2D eigenvalue weighted by Crippen LogP contribution is -2.39. The molecule has 0 radical (unpaired) electrons. The van der Waals surface area contributed by atoms with E-state index in [-0.39, 0.29) is 0 Å². The Labute approximate surface area is 126 Å². The van der Waals surface area contributed by atoms with Gasteiger partial charge < -0.3 is 0 Å². The molecule has 21 heavy (non-hydrogen) atoms. The molecule has 1 aromatic heterocycles. The Balaban J connectivity index is 1.69. The van der Waals surface area contributed by atoms with Gasteiger partial charge in [-0.25, -0.2) is 0 Å². The van der Waals surface area contributed by atoms with Crippen LogP contribution in [0.5, 0.6) is 0 Å². The number of hydrogen-bond acceptors (Lipinski definition) is 3. The lowest BCUT2D eigenvalue weighted by atomic mass is 10.0. The number of benzene rings is 1. The Morgan fingerprint density at radius 2 is 2.14 bits per heavy atom. The third-order valence-corrected chi connectivity index (χ3v) is 4.51. The van der Waals surface area contributed by atoms with Crippen molar-refractivity contribution in [1.82, 2.24) is 15.2 Å². The van der Waals surface area contributed by atoms with Crippen LogP contribution >= 0.6 is 0 Å². The molecule has 1 saturated carbocycles. The third-order valence-electron chi connectivity index (χ3n) is 4.51. The fraction of sp³-hybridized carbons (Fsp3) is 0.471. The third kappa shape index (κ3) is 3.01. The molecule has 0 aliphatic heterocycles. The zero-order chi connectivity index (χ0) is 14.8. The minimum absolute atomic E-state index is 0.316. The van der Waals surface area contributed by atoms with E-state index in [0.29, 0.717) is 17.9 Å². The highest BCUT2D eigenvalue weighted by atomic mass is 15.3. The highest BCUT2D eigenvalue weighted by Crippen LogP contribution is 2.49. The van der Waals surface area contributed by atoms with Crippen molar-refractivity contribution in [3.63, 3.8) is 0 Å². The molecule has 3 unspecified atom stereocenters. The topological polar surface area (TPSA) is 55.9 Å². The van der Waals surface area contributed by atoms with Crippen molar-refractivity contribution in [2.75, 3.05) is 0 Å². The second-order valence-electron chi connectivity index (χ2n) is 5.99. The summed E-state index contributed by atoms with van der Waals surface area (Å²) in [7, 11) is 0. The monoisotopic (exact) mass is 284 g/mol. The van der Waals surface area contributed by atoms with E-state index in [1.807, 2.05) is 6.92 Å². The van der Waals surface area contributed by atoms with Gasteiger partial charge in [-0.05, 0) is 43.7 Å². The number of hydrazine groups is 1. The first kappa shape index (κ1) is 14.3. The fourth-order valence-electron chi connectivity index (χ4n) is 3.34. The molecule has 0 spiro atoms. The minimum atomic E-state index is 0.316. The molecule has 1 aliphatic rings. The molecule has 2 aromatic rings. The number of nitrogens with zero attached hydrogens (tertiary/aromatic N) is 2. The summed E-state index contributed by atoms with van der Waals surface area (Å²) in [6.07, 6.45) is 2.16. The molecule has 3 N–H and O–H groups in total. The summed E-state index contributed by atoms with van der Waals surface area (Å²) in [4.78, 5) is 0. The molecule has 1 fully saturated rings. The van der Waals surface area contributed by atoms with Crippen LogP contribution < -0.4 is 11.3 Å². The van der Waals surface area contributed by atoms with E-state index in [1.165, 1.54) is 17.7 Å². The van der Waals surface area contributed by atoms with Crippen molar-refractivity contribution in [3.8, 4) is 0 Å². The molecule has 4 nitrogen and oxygen atoms in total. The van der Waals surface area contributed by atoms with E-state index in [2.05, 4.69) is 58.5 Å². The first-order chi connectivity index (χ1) is 10.2. The molecule has 0 amide bonds. The predicted octanol–water partition coefficient (Wildman–Crippen LogP) is 2.39. The van der Waals surface area contributed by atoms with E-state index in [0.717, 1.165) is 18.7 Å². The number of aryl methyl sites for hydroxylation is 2.